The fraction of sp³-hybridized carbons (Fsp3) is 0.429. The molecule has 1 aliphatic heterocycles. The summed E-state index contributed by atoms with van der Waals surface area (Å²) in [5, 5.41) is 34.8. The molecule has 1 aromatic carbocycles. The number of rotatable bonds is 2. The van der Waals surface area contributed by atoms with E-state index < -0.39 is 17.0 Å². The molecular formula is C14H17N2O4. The lowest BCUT2D eigenvalue weighted by atomic mass is 9.84. The largest absolute Gasteiger partial charge is 0.714 e. The van der Waals surface area contributed by atoms with Crippen molar-refractivity contribution in [3.05, 3.63) is 40.6 Å². The van der Waals surface area contributed by atoms with Crippen LogP contribution in [0.25, 0.3) is 0 Å². The maximum Gasteiger partial charge on any atom is 0.336 e. The molecule has 0 unspecified atom stereocenters. The van der Waals surface area contributed by atoms with Gasteiger partial charge in [-0.15, -0.1) is 0 Å². The van der Waals surface area contributed by atoms with Gasteiger partial charge in [-0.2, -0.15) is 0 Å². The number of nitrogens with zero attached hydrogens (tertiary/aromatic N) is 2. The summed E-state index contributed by atoms with van der Waals surface area (Å²) in [6, 6.07) is 6.02. The number of carbonyl (C=O) groups is 1. The van der Waals surface area contributed by atoms with Crippen LogP contribution in [-0.2, 0) is 5.21 Å². The minimum Gasteiger partial charge on any atom is -0.714 e. The van der Waals surface area contributed by atoms with Gasteiger partial charge in [-0.3, -0.25) is 4.74 Å². The number of amidine groups is 1. The molecule has 1 heterocycles. The van der Waals surface area contributed by atoms with Crippen molar-refractivity contribution in [2.75, 3.05) is 0 Å². The Morgan fingerprint density at radius 1 is 1.25 bits per heavy atom. The number of aromatic carboxylic acids is 1. The van der Waals surface area contributed by atoms with Crippen LogP contribution in [-0.4, -0.2) is 37.8 Å². The van der Waals surface area contributed by atoms with Crippen molar-refractivity contribution in [2.24, 2.45) is 0 Å². The molecule has 0 bridgehead atoms. The second kappa shape index (κ2) is 4.21. The summed E-state index contributed by atoms with van der Waals surface area (Å²) in [7, 11) is 0. The number of carboxylic acids is 1. The van der Waals surface area contributed by atoms with E-state index in [0.29, 0.717) is 9.80 Å². The van der Waals surface area contributed by atoms with Crippen LogP contribution in [0.15, 0.2) is 24.3 Å². The summed E-state index contributed by atoms with van der Waals surface area (Å²) < 4.78 is 0.613. The predicted molar refractivity (Wildman–Crippen MR) is 71.8 cm³/mol. The van der Waals surface area contributed by atoms with E-state index in [1.165, 1.54) is 12.1 Å². The van der Waals surface area contributed by atoms with Crippen molar-refractivity contribution in [1.29, 1.82) is 0 Å². The maximum atomic E-state index is 12.5. The summed E-state index contributed by atoms with van der Waals surface area (Å²) in [4.78, 5) is 11.3. The Labute approximate surface area is 117 Å². The highest BCUT2D eigenvalue weighted by Gasteiger charge is 2.60. The van der Waals surface area contributed by atoms with Gasteiger partial charge in [-0.25, -0.2) is 4.79 Å². The average molecular weight is 277 g/mol. The van der Waals surface area contributed by atoms with Gasteiger partial charge in [0.15, 0.2) is 5.54 Å². The zero-order valence-electron chi connectivity index (χ0n) is 11.9. The van der Waals surface area contributed by atoms with Gasteiger partial charge in [0.05, 0.1) is 11.1 Å². The summed E-state index contributed by atoms with van der Waals surface area (Å²) in [6.45, 7) is 6.67. The average Bonchev–Trinajstić information content (AvgIpc) is 2.49. The predicted octanol–water partition coefficient (Wildman–Crippen LogP) is 1.86. The van der Waals surface area contributed by atoms with Gasteiger partial charge in [0, 0.05) is 5.21 Å². The molecule has 0 atom stereocenters. The first-order valence-electron chi connectivity index (χ1n) is 6.26. The number of hydroxylamine groups is 3. The Hall–Kier alpha value is -2.08. The monoisotopic (exact) mass is 277 g/mol. The normalized spacial score (nSPS) is 20.4. The van der Waals surface area contributed by atoms with Crippen LogP contribution in [0.3, 0.4) is 0 Å². The van der Waals surface area contributed by atoms with Gasteiger partial charge in [0.25, 0.3) is 0 Å². The molecule has 0 saturated heterocycles. The van der Waals surface area contributed by atoms with E-state index in [9.17, 15) is 20.3 Å². The fourth-order valence-corrected chi connectivity index (χ4v) is 2.19. The summed E-state index contributed by atoms with van der Waals surface area (Å²) in [5.74, 6) is -1.32. The third-order valence-corrected chi connectivity index (χ3v) is 4.30. The number of benzene rings is 1. The second-order valence-electron chi connectivity index (χ2n) is 5.88. The molecule has 6 heteroatoms. The molecule has 0 aliphatic carbocycles. The van der Waals surface area contributed by atoms with Crippen LogP contribution >= 0.6 is 0 Å². The third-order valence-electron chi connectivity index (χ3n) is 4.30. The van der Waals surface area contributed by atoms with Gasteiger partial charge in [0.1, 0.15) is 5.54 Å². The molecule has 0 aromatic heterocycles. The van der Waals surface area contributed by atoms with Crippen LogP contribution in [0, 0.1) is 5.21 Å². The van der Waals surface area contributed by atoms with Gasteiger partial charge in [-0.05, 0) is 39.8 Å². The lowest BCUT2D eigenvalue weighted by molar-refractivity contribution is -0.539. The Morgan fingerprint density at radius 2 is 1.80 bits per heavy atom. The van der Waals surface area contributed by atoms with E-state index in [2.05, 4.69) is 0 Å². The Morgan fingerprint density at radius 3 is 2.25 bits per heavy atom. The van der Waals surface area contributed by atoms with E-state index >= 15 is 0 Å². The van der Waals surface area contributed by atoms with E-state index in [1.807, 2.05) is 0 Å². The van der Waals surface area contributed by atoms with Crippen LogP contribution < -0.4 is 0 Å². The summed E-state index contributed by atoms with van der Waals surface area (Å²) in [5.41, 5.74) is -1.84. The minimum absolute atomic E-state index is 0.0577. The van der Waals surface area contributed by atoms with E-state index in [0.717, 1.165) is 0 Å². The zero-order chi connectivity index (χ0) is 15.3. The SMILES string of the molecule is CC1(C)N([O])C(c2ccccc2C(=O)O)=[N+]([O-])C1(C)C. The topological polar surface area (TPSA) is 86.5 Å². The number of hydrogen-bond acceptors (Lipinski definition) is 3. The Kier molecular flexibility index (Phi) is 3.02. The molecule has 2 rings (SSSR count). The molecule has 0 saturated carbocycles. The van der Waals surface area contributed by atoms with Crippen LogP contribution in [0.5, 0.6) is 0 Å². The van der Waals surface area contributed by atoms with Crippen molar-refractivity contribution >= 4 is 11.8 Å². The standard InChI is InChI=1S/C14H17N2O4/c1-13(2)14(3,4)16(20)11(15(13)19)9-7-5-6-8-10(9)12(17)18/h5-8H,1-4H3,(H,17,18). The second-order valence-corrected chi connectivity index (χ2v) is 5.88. The first-order chi connectivity index (χ1) is 9.12. The molecule has 1 aliphatic rings. The molecule has 0 fully saturated rings. The number of carboxylic acid groups (broad SMARTS) is 1. The maximum absolute atomic E-state index is 12.5. The molecular weight excluding hydrogens is 260 g/mol. The van der Waals surface area contributed by atoms with Crippen LogP contribution in [0.4, 0.5) is 0 Å². The highest BCUT2D eigenvalue weighted by Crippen LogP contribution is 2.37. The zero-order valence-corrected chi connectivity index (χ0v) is 11.9. The highest BCUT2D eigenvalue weighted by atomic mass is 16.5. The van der Waals surface area contributed by atoms with Gasteiger partial charge in [0.2, 0.25) is 0 Å². The minimum atomic E-state index is -1.17. The van der Waals surface area contributed by atoms with Gasteiger partial charge in [-0.1, -0.05) is 17.2 Å². The van der Waals surface area contributed by atoms with Crippen molar-refractivity contribution in [1.82, 2.24) is 5.06 Å². The molecule has 107 valence electrons. The van der Waals surface area contributed by atoms with Crippen molar-refractivity contribution in [3.63, 3.8) is 0 Å². The van der Waals surface area contributed by atoms with E-state index in [1.54, 1.807) is 39.8 Å². The lowest BCUT2D eigenvalue weighted by Crippen LogP contribution is -2.53. The lowest BCUT2D eigenvalue weighted by Gasteiger charge is -2.32. The first kappa shape index (κ1) is 14.3. The van der Waals surface area contributed by atoms with Crippen molar-refractivity contribution in [2.45, 2.75) is 38.8 Å². The van der Waals surface area contributed by atoms with Crippen LogP contribution in [0.2, 0.25) is 0 Å². The molecule has 0 amide bonds. The smallest absolute Gasteiger partial charge is 0.336 e. The number of hydrogen-bond donors (Lipinski definition) is 1. The Bertz CT molecular complexity index is 605. The fourth-order valence-electron chi connectivity index (χ4n) is 2.19. The van der Waals surface area contributed by atoms with E-state index in [-0.39, 0.29) is 17.0 Å². The Balaban J connectivity index is 2.71. The van der Waals surface area contributed by atoms with Crippen LogP contribution in [0.1, 0.15) is 43.6 Å². The van der Waals surface area contributed by atoms with Gasteiger partial charge < -0.3 is 10.3 Å². The molecule has 1 aromatic rings. The first-order valence-corrected chi connectivity index (χ1v) is 6.26. The third kappa shape index (κ3) is 1.68. The summed E-state index contributed by atoms with van der Waals surface area (Å²) in [6.07, 6.45) is 0. The highest BCUT2D eigenvalue weighted by molar-refractivity contribution is 6.05. The van der Waals surface area contributed by atoms with Crippen molar-refractivity contribution in [3.8, 4) is 0 Å². The molecule has 6 nitrogen and oxygen atoms in total. The quantitative estimate of drug-likeness (QED) is 0.660. The van der Waals surface area contributed by atoms with Gasteiger partial charge >= 0.3 is 11.8 Å². The molecule has 1 radical (unpaired) electrons. The molecule has 0 spiro atoms. The van der Waals surface area contributed by atoms with Crippen molar-refractivity contribution < 1.29 is 19.8 Å². The molecule has 20 heavy (non-hydrogen) atoms. The summed E-state index contributed by atoms with van der Waals surface area (Å²) >= 11 is 0. The van der Waals surface area contributed by atoms with E-state index in [4.69, 9.17) is 0 Å². The molecule has 1 N–H and O–H groups in total.